The highest BCUT2D eigenvalue weighted by molar-refractivity contribution is 6.17. The molecule has 0 aromatic heterocycles. The van der Waals surface area contributed by atoms with Crippen LogP contribution in [0.1, 0.15) is 12.5 Å². The lowest BCUT2D eigenvalue weighted by Gasteiger charge is -2.25. The fraction of sp³-hybridized carbons (Fsp3) is 0.200. The minimum atomic E-state index is -0.344. The Labute approximate surface area is 116 Å². The van der Waals surface area contributed by atoms with Crippen molar-refractivity contribution in [1.29, 1.82) is 0 Å². The third-order valence-electron chi connectivity index (χ3n) is 2.94. The van der Waals surface area contributed by atoms with Crippen LogP contribution in [0.4, 0.5) is 20.2 Å². The van der Waals surface area contributed by atoms with Gasteiger partial charge in [0.1, 0.15) is 11.6 Å². The first-order chi connectivity index (χ1) is 9.17. The second kappa shape index (κ2) is 6.02. The van der Waals surface area contributed by atoms with Crippen LogP contribution >= 0.6 is 11.6 Å². The van der Waals surface area contributed by atoms with E-state index < -0.39 is 0 Å². The van der Waals surface area contributed by atoms with Crippen LogP contribution in [0.15, 0.2) is 42.5 Å². The Morgan fingerprint density at radius 3 is 2.42 bits per heavy atom. The van der Waals surface area contributed by atoms with Gasteiger partial charge in [-0.1, -0.05) is 12.1 Å². The predicted molar refractivity (Wildman–Crippen MR) is 75.0 cm³/mol. The highest BCUT2D eigenvalue weighted by Gasteiger charge is 2.15. The molecule has 2 rings (SSSR count). The normalized spacial score (nSPS) is 10.5. The highest BCUT2D eigenvalue weighted by atomic mass is 35.5. The van der Waals surface area contributed by atoms with Gasteiger partial charge in [-0.15, -0.1) is 11.6 Å². The lowest BCUT2D eigenvalue weighted by Crippen LogP contribution is -2.18. The zero-order valence-corrected chi connectivity index (χ0v) is 11.3. The predicted octanol–water partition coefficient (Wildman–Crippen LogP) is 4.86. The first-order valence-electron chi connectivity index (χ1n) is 6.03. The molecule has 19 heavy (non-hydrogen) atoms. The maximum Gasteiger partial charge on any atom is 0.146 e. The molecule has 0 saturated heterocycles. The summed E-state index contributed by atoms with van der Waals surface area (Å²) in [5.74, 6) is -0.476. The van der Waals surface area contributed by atoms with Crippen LogP contribution in [-0.4, -0.2) is 6.54 Å². The summed E-state index contributed by atoms with van der Waals surface area (Å²) in [4.78, 5) is 1.78. The Bertz CT molecular complexity index is 572. The zero-order chi connectivity index (χ0) is 13.8. The third kappa shape index (κ3) is 2.87. The van der Waals surface area contributed by atoms with Crippen molar-refractivity contribution in [1.82, 2.24) is 0 Å². The number of hydrogen-bond acceptors (Lipinski definition) is 1. The van der Waals surface area contributed by atoms with Crippen LogP contribution in [0.2, 0.25) is 0 Å². The fourth-order valence-corrected chi connectivity index (χ4v) is 2.28. The van der Waals surface area contributed by atoms with E-state index in [1.54, 1.807) is 29.2 Å². The van der Waals surface area contributed by atoms with Crippen LogP contribution in [0.3, 0.4) is 0 Å². The summed E-state index contributed by atoms with van der Waals surface area (Å²) in [5, 5.41) is 0. The van der Waals surface area contributed by atoms with E-state index in [0.717, 1.165) is 5.69 Å². The van der Waals surface area contributed by atoms with Crippen LogP contribution < -0.4 is 4.90 Å². The lowest BCUT2D eigenvalue weighted by atomic mass is 10.1. The smallest absolute Gasteiger partial charge is 0.146 e. The van der Waals surface area contributed by atoms with Crippen molar-refractivity contribution >= 4 is 23.0 Å². The average Bonchev–Trinajstić information content (AvgIpc) is 2.43. The molecule has 0 amide bonds. The van der Waals surface area contributed by atoms with E-state index in [4.69, 9.17) is 11.6 Å². The summed E-state index contributed by atoms with van der Waals surface area (Å²) >= 11 is 5.85. The monoisotopic (exact) mass is 281 g/mol. The number of anilines is 2. The van der Waals surface area contributed by atoms with E-state index in [2.05, 4.69) is 0 Å². The molecule has 0 unspecified atom stereocenters. The molecule has 0 aliphatic rings. The van der Waals surface area contributed by atoms with Gasteiger partial charge in [0.15, 0.2) is 0 Å². The van der Waals surface area contributed by atoms with Crippen molar-refractivity contribution in [3.63, 3.8) is 0 Å². The van der Waals surface area contributed by atoms with Gasteiger partial charge in [-0.25, -0.2) is 8.78 Å². The number of hydrogen-bond donors (Lipinski definition) is 0. The van der Waals surface area contributed by atoms with Crippen molar-refractivity contribution in [2.75, 3.05) is 11.4 Å². The summed E-state index contributed by atoms with van der Waals surface area (Å²) < 4.78 is 27.1. The molecule has 2 aromatic carbocycles. The minimum absolute atomic E-state index is 0.179. The fourth-order valence-electron chi connectivity index (χ4n) is 2.07. The minimum Gasteiger partial charge on any atom is -0.339 e. The number of halogens is 3. The quantitative estimate of drug-likeness (QED) is 0.723. The lowest BCUT2D eigenvalue weighted by molar-refractivity contribution is 0.623. The summed E-state index contributed by atoms with van der Waals surface area (Å²) in [6, 6.07) is 10.9. The van der Waals surface area contributed by atoms with Gasteiger partial charge in [-0.2, -0.15) is 0 Å². The molecule has 0 spiro atoms. The molecule has 0 fully saturated rings. The largest absolute Gasteiger partial charge is 0.339 e. The van der Waals surface area contributed by atoms with Crippen molar-refractivity contribution in [2.45, 2.75) is 12.8 Å². The van der Waals surface area contributed by atoms with E-state index in [1.807, 2.05) is 6.92 Å². The molecule has 0 saturated carbocycles. The van der Waals surface area contributed by atoms with Crippen LogP contribution in [0.25, 0.3) is 0 Å². The molecule has 0 aliphatic heterocycles. The van der Waals surface area contributed by atoms with Gasteiger partial charge in [-0.05, 0) is 42.8 Å². The first-order valence-corrected chi connectivity index (χ1v) is 6.57. The van der Waals surface area contributed by atoms with Gasteiger partial charge in [0.25, 0.3) is 0 Å². The molecule has 0 bridgehead atoms. The molecular formula is C15H14ClF2N. The van der Waals surface area contributed by atoms with Gasteiger partial charge >= 0.3 is 0 Å². The van der Waals surface area contributed by atoms with Gasteiger partial charge in [0.2, 0.25) is 0 Å². The number of alkyl halides is 1. The third-order valence-corrected chi connectivity index (χ3v) is 3.22. The molecule has 0 aliphatic carbocycles. The second-order valence-corrected chi connectivity index (χ2v) is 4.37. The Hall–Kier alpha value is -1.61. The number of nitrogens with zero attached hydrogens (tertiary/aromatic N) is 1. The van der Waals surface area contributed by atoms with Crippen molar-refractivity contribution in [3.05, 3.63) is 59.7 Å². The van der Waals surface area contributed by atoms with E-state index in [9.17, 15) is 8.78 Å². The number of benzene rings is 2. The topological polar surface area (TPSA) is 3.24 Å². The molecular weight excluding hydrogens is 268 g/mol. The molecule has 4 heteroatoms. The molecule has 1 nitrogen and oxygen atoms in total. The van der Waals surface area contributed by atoms with Crippen molar-refractivity contribution in [3.8, 4) is 0 Å². The Morgan fingerprint density at radius 1 is 1.05 bits per heavy atom. The van der Waals surface area contributed by atoms with Crippen molar-refractivity contribution < 1.29 is 8.78 Å². The maximum atomic E-state index is 13.9. The summed E-state index contributed by atoms with van der Waals surface area (Å²) in [7, 11) is 0. The van der Waals surface area contributed by atoms with Crippen LogP contribution in [0, 0.1) is 11.6 Å². The Balaban J connectivity index is 2.51. The van der Waals surface area contributed by atoms with Crippen LogP contribution in [0.5, 0.6) is 0 Å². The molecule has 0 atom stereocenters. The summed E-state index contributed by atoms with van der Waals surface area (Å²) in [6.07, 6.45) is 0. The average molecular weight is 282 g/mol. The number of rotatable bonds is 4. The van der Waals surface area contributed by atoms with E-state index >= 15 is 0 Å². The summed E-state index contributed by atoms with van der Waals surface area (Å²) in [5.41, 5.74) is 1.83. The molecule has 100 valence electrons. The maximum absolute atomic E-state index is 13.9. The Morgan fingerprint density at radius 2 is 1.79 bits per heavy atom. The van der Waals surface area contributed by atoms with Gasteiger partial charge in [0, 0.05) is 18.1 Å². The van der Waals surface area contributed by atoms with Crippen molar-refractivity contribution in [2.24, 2.45) is 0 Å². The highest BCUT2D eigenvalue weighted by Crippen LogP contribution is 2.31. The second-order valence-electron chi connectivity index (χ2n) is 4.10. The van der Waals surface area contributed by atoms with E-state index in [0.29, 0.717) is 17.8 Å². The standard InChI is InChI=1S/C15H14ClF2N/c1-2-19(15-6-4-3-5-13(15)18)14-8-7-12(17)9-11(14)10-16/h3-9H,2,10H2,1H3. The molecule has 2 aromatic rings. The zero-order valence-electron chi connectivity index (χ0n) is 10.5. The van der Waals surface area contributed by atoms with E-state index in [1.165, 1.54) is 18.2 Å². The molecule has 0 N–H and O–H groups in total. The van der Waals surface area contributed by atoms with Gasteiger partial charge in [-0.3, -0.25) is 0 Å². The SMILES string of the molecule is CCN(c1ccccc1F)c1ccc(F)cc1CCl. The Kier molecular flexibility index (Phi) is 4.38. The van der Waals surface area contributed by atoms with E-state index in [-0.39, 0.29) is 17.5 Å². The summed E-state index contributed by atoms with van der Waals surface area (Å²) in [6.45, 7) is 2.48. The molecule has 0 radical (unpaired) electrons. The molecule has 0 heterocycles. The first kappa shape index (κ1) is 13.8. The van der Waals surface area contributed by atoms with Gasteiger partial charge in [0.05, 0.1) is 5.69 Å². The number of para-hydroxylation sites is 1. The van der Waals surface area contributed by atoms with Gasteiger partial charge < -0.3 is 4.90 Å². The van der Waals surface area contributed by atoms with Crippen LogP contribution in [-0.2, 0) is 5.88 Å².